The van der Waals surface area contributed by atoms with Crippen LogP contribution in [-0.4, -0.2) is 33.3 Å². The average molecular weight is 289 g/mol. The van der Waals surface area contributed by atoms with Crippen LogP contribution < -0.4 is 10.5 Å². The van der Waals surface area contributed by atoms with E-state index in [0.29, 0.717) is 11.9 Å². The molecular weight excluding hydrogens is 266 g/mol. The summed E-state index contributed by atoms with van der Waals surface area (Å²) in [6.07, 6.45) is 10.8. The van der Waals surface area contributed by atoms with E-state index in [0.717, 1.165) is 51.6 Å². The Balaban J connectivity index is 1.60. The molecule has 2 heterocycles. The van der Waals surface area contributed by atoms with Crippen molar-refractivity contribution in [2.24, 2.45) is 5.92 Å². The highest BCUT2D eigenvalue weighted by Crippen LogP contribution is 2.40. The minimum atomic E-state index is -0.501. The lowest BCUT2D eigenvalue weighted by Crippen LogP contribution is -2.54. The van der Waals surface area contributed by atoms with Gasteiger partial charge in [0.2, 0.25) is 0 Å². The van der Waals surface area contributed by atoms with Crippen LogP contribution >= 0.6 is 0 Å². The second kappa shape index (κ2) is 4.83. The number of anilines is 1. The third-order valence-corrected chi connectivity index (χ3v) is 5.52. The molecule has 2 saturated carbocycles. The number of fused-ring (bicyclic) bond motifs is 1. The lowest BCUT2D eigenvalue weighted by atomic mass is 9.71. The molecule has 1 aromatic rings. The van der Waals surface area contributed by atoms with Crippen molar-refractivity contribution in [1.29, 1.82) is 0 Å². The van der Waals surface area contributed by atoms with Gasteiger partial charge in [0.15, 0.2) is 5.82 Å². The molecular formula is C16H23N3O2. The summed E-state index contributed by atoms with van der Waals surface area (Å²) in [6.45, 7) is 1.51. The Labute approximate surface area is 124 Å². The summed E-state index contributed by atoms with van der Waals surface area (Å²) in [5, 5.41) is 10.7. The zero-order chi connectivity index (χ0) is 14.4. The summed E-state index contributed by atoms with van der Waals surface area (Å²) in [7, 11) is 0. The van der Waals surface area contributed by atoms with Crippen molar-refractivity contribution in [2.45, 2.75) is 56.6 Å². The molecule has 0 bridgehead atoms. The van der Waals surface area contributed by atoms with E-state index < -0.39 is 5.60 Å². The van der Waals surface area contributed by atoms with E-state index in [1.54, 1.807) is 6.20 Å². The molecule has 21 heavy (non-hydrogen) atoms. The van der Waals surface area contributed by atoms with Gasteiger partial charge < -0.3 is 14.6 Å². The van der Waals surface area contributed by atoms with Gasteiger partial charge in [-0.1, -0.05) is 12.8 Å². The second-order valence-electron chi connectivity index (χ2n) is 6.94. The Morgan fingerprint density at radius 3 is 2.90 bits per heavy atom. The van der Waals surface area contributed by atoms with Crippen LogP contribution in [0.2, 0.25) is 0 Å². The lowest BCUT2D eigenvalue weighted by molar-refractivity contribution is -0.0614. The van der Waals surface area contributed by atoms with E-state index in [-0.39, 0.29) is 11.5 Å². The predicted molar refractivity (Wildman–Crippen MR) is 80.5 cm³/mol. The van der Waals surface area contributed by atoms with Crippen molar-refractivity contribution >= 4 is 5.82 Å². The highest BCUT2D eigenvalue weighted by molar-refractivity contribution is 5.37. The van der Waals surface area contributed by atoms with Crippen molar-refractivity contribution in [3.8, 4) is 0 Å². The topological polar surface area (TPSA) is 58.4 Å². The van der Waals surface area contributed by atoms with Crippen molar-refractivity contribution in [3.63, 3.8) is 0 Å². The highest BCUT2D eigenvalue weighted by atomic mass is 16.3. The zero-order valence-electron chi connectivity index (χ0n) is 12.4. The van der Waals surface area contributed by atoms with Gasteiger partial charge in [-0.15, -0.1) is 0 Å². The molecule has 1 aromatic heterocycles. The van der Waals surface area contributed by atoms with Gasteiger partial charge in [0, 0.05) is 37.4 Å². The van der Waals surface area contributed by atoms with Crippen LogP contribution in [0.1, 0.15) is 51.0 Å². The SMILES string of the molecule is O=c1c(N2CCC3(O)CCCCC3C2)nccn1C1CC1. The second-order valence-corrected chi connectivity index (χ2v) is 6.94. The maximum atomic E-state index is 12.6. The Hall–Kier alpha value is -1.36. The molecule has 2 aliphatic carbocycles. The summed E-state index contributed by atoms with van der Waals surface area (Å²) < 4.78 is 1.84. The molecule has 1 saturated heterocycles. The van der Waals surface area contributed by atoms with Crippen LogP contribution in [0.4, 0.5) is 5.82 Å². The minimum absolute atomic E-state index is 0.0428. The number of hydrogen-bond acceptors (Lipinski definition) is 4. The fourth-order valence-corrected chi connectivity index (χ4v) is 4.03. The summed E-state index contributed by atoms with van der Waals surface area (Å²) in [5.41, 5.74) is -0.458. The fourth-order valence-electron chi connectivity index (χ4n) is 4.03. The number of aromatic nitrogens is 2. The monoisotopic (exact) mass is 289 g/mol. The Morgan fingerprint density at radius 1 is 1.24 bits per heavy atom. The molecule has 3 fully saturated rings. The molecule has 1 N–H and O–H groups in total. The van der Waals surface area contributed by atoms with Crippen molar-refractivity contribution in [1.82, 2.24) is 9.55 Å². The van der Waals surface area contributed by atoms with Crippen LogP contribution in [0.3, 0.4) is 0 Å². The van der Waals surface area contributed by atoms with Gasteiger partial charge in [-0.3, -0.25) is 4.79 Å². The van der Waals surface area contributed by atoms with E-state index in [4.69, 9.17) is 0 Å². The Kier molecular flexibility index (Phi) is 3.06. The number of nitrogens with zero attached hydrogens (tertiary/aromatic N) is 3. The number of rotatable bonds is 2. The summed E-state index contributed by atoms with van der Waals surface area (Å²) in [5.74, 6) is 0.868. The van der Waals surface area contributed by atoms with Crippen LogP contribution in [0, 0.1) is 5.92 Å². The summed E-state index contributed by atoms with van der Waals surface area (Å²) >= 11 is 0. The average Bonchev–Trinajstić information content (AvgIpc) is 3.31. The lowest BCUT2D eigenvalue weighted by Gasteiger charge is -2.47. The molecule has 1 aliphatic heterocycles. The molecule has 2 unspecified atom stereocenters. The third-order valence-electron chi connectivity index (χ3n) is 5.52. The summed E-state index contributed by atoms with van der Waals surface area (Å²) in [4.78, 5) is 19.0. The first kappa shape index (κ1) is 13.3. The first-order valence-electron chi connectivity index (χ1n) is 8.22. The fraction of sp³-hybridized carbons (Fsp3) is 0.750. The van der Waals surface area contributed by atoms with Gasteiger partial charge in [-0.2, -0.15) is 0 Å². The number of hydrogen-bond donors (Lipinski definition) is 1. The molecule has 0 aromatic carbocycles. The molecule has 2 atom stereocenters. The first-order valence-corrected chi connectivity index (χ1v) is 8.22. The quantitative estimate of drug-likeness (QED) is 0.900. The highest BCUT2D eigenvalue weighted by Gasteiger charge is 2.43. The Bertz CT molecular complexity index is 595. The van der Waals surface area contributed by atoms with E-state index in [1.807, 2.05) is 10.8 Å². The van der Waals surface area contributed by atoms with Crippen LogP contribution in [0.25, 0.3) is 0 Å². The minimum Gasteiger partial charge on any atom is -0.389 e. The summed E-state index contributed by atoms with van der Waals surface area (Å²) in [6, 6.07) is 0.385. The van der Waals surface area contributed by atoms with Gasteiger partial charge in [0.25, 0.3) is 5.56 Å². The van der Waals surface area contributed by atoms with E-state index in [2.05, 4.69) is 9.88 Å². The maximum Gasteiger partial charge on any atom is 0.293 e. The number of piperidine rings is 1. The van der Waals surface area contributed by atoms with E-state index in [9.17, 15) is 9.90 Å². The van der Waals surface area contributed by atoms with Crippen molar-refractivity contribution in [3.05, 3.63) is 22.7 Å². The smallest absolute Gasteiger partial charge is 0.293 e. The first-order chi connectivity index (χ1) is 10.2. The van der Waals surface area contributed by atoms with Gasteiger partial charge in [-0.05, 0) is 32.1 Å². The van der Waals surface area contributed by atoms with Crippen LogP contribution in [-0.2, 0) is 0 Å². The molecule has 5 nitrogen and oxygen atoms in total. The van der Waals surface area contributed by atoms with Gasteiger partial charge >= 0.3 is 0 Å². The zero-order valence-corrected chi connectivity index (χ0v) is 12.4. The third kappa shape index (κ3) is 2.27. The largest absolute Gasteiger partial charge is 0.389 e. The molecule has 0 amide bonds. The van der Waals surface area contributed by atoms with Crippen molar-refractivity contribution in [2.75, 3.05) is 18.0 Å². The number of aliphatic hydroxyl groups is 1. The maximum absolute atomic E-state index is 12.6. The van der Waals surface area contributed by atoms with Crippen molar-refractivity contribution < 1.29 is 5.11 Å². The molecule has 114 valence electrons. The van der Waals surface area contributed by atoms with Crippen LogP contribution in [0.15, 0.2) is 17.2 Å². The van der Waals surface area contributed by atoms with Gasteiger partial charge in [0.1, 0.15) is 0 Å². The molecule has 3 aliphatic rings. The van der Waals surface area contributed by atoms with E-state index in [1.165, 1.54) is 6.42 Å². The van der Waals surface area contributed by atoms with Gasteiger partial charge in [-0.25, -0.2) is 4.98 Å². The predicted octanol–water partition coefficient (Wildman–Crippen LogP) is 1.71. The molecule has 0 radical (unpaired) electrons. The standard InChI is InChI=1S/C16H23N3O2/c20-15-14(17-8-10-19(15)13-4-5-13)18-9-7-16(21)6-2-1-3-12(16)11-18/h8,10,12-13,21H,1-7,9,11H2. The Morgan fingerprint density at radius 2 is 2.10 bits per heavy atom. The van der Waals surface area contributed by atoms with Gasteiger partial charge in [0.05, 0.1) is 5.60 Å². The molecule has 5 heteroatoms. The van der Waals surface area contributed by atoms with E-state index >= 15 is 0 Å². The normalized spacial score (nSPS) is 32.8. The van der Waals surface area contributed by atoms with Crippen LogP contribution in [0.5, 0.6) is 0 Å². The molecule has 0 spiro atoms. The molecule has 4 rings (SSSR count).